The fraction of sp³-hybridized carbons (Fsp3) is 0.875. The number of carbonyl (C=O) groups excluding carboxylic acids is 1. The molecule has 0 aromatic carbocycles. The van der Waals surface area contributed by atoms with Gasteiger partial charge in [0.15, 0.2) is 0 Å². The third kappa shape index (κ3) is 3.30. The van der Waals surface area contributed by atoms with E-state index in [1.807, 2.05) is 0 Å². The van der Waals surface area contributed by atoms with Gasteiger partial charge in [-0.05, 0) is 13.3 Å². The number of β-amino-alcohol motifs (C(OH)–C–C–N with tert-alkyl or cyclic N) is 1. The topological polar surface area (TPSA) is 87.4 Å². The number of nitrogens with two attached hydrogens (primary N) is 1. The molecule has 1 aliphatic heterocycles. The summed E-state index contributed by atoms with van der Waals surface area (Å²) >= 11 is 0. The first-order valence-corrected chi connectivity index (χ1v) is 4.54. The van der Waals surface area contributed by atoms with Crippen LogP contribution in [0.5, 0.6) is 0 Å². The van der Waals surface area contributed by atoms with Crippen molar-refractivity contribution < 1.29 is 9.90 Å². The number of aliphatic hydroxyl groups is 1. The minimum Gasteiger partial charge on any atom is -0.392 e. The Hall–Kier alpha value is -0.650. The second-order valence-corrected chi connectivity index (χ2v) is 3.53. The van der Waals surface area contributed by atoms with Gasteiger partial charge < -0.3 is 21.5 Å². The van der Waals surface area contributed by atoms with Crippen molar-refractivity contribution in [1.29, 1.82) is 0 Å². The quantitative estimate of drug-likeness (QED) is 0.418. The number of aliphatic hydroxyl groups excluding tert-OH is 1. The number of hydrogen-bond acceptors (Lipinski definition) is 4. The molecule has 0 bridgehead atoms. The number of rotatable bonds is 3. The Balaban J connectivity index is 2.16. The van der Waals surface area contributed by atoms with Crippen molar-refractivity contribution in [3.05, 3.63) is 0 Å². The van der Waals surface area contributed by atoms with Crippen molar-refractivity contribution in [2.24, 2.45) is 5.73 Å². The Morgan fingerprint density at radius 1 is 1.85 bits per heavy atom. The lowest BCUT2D eigenvalue weighted by Gasteiger charge is -2.12. The second-order valence-electron chi connectivity index (χ2n) is 3.53. The summed E-state index contributed by atoms with van der Waals surface area (Å²) in [4.78, 5) is 11.1. The monoisotopic (exact) mass is 187 g/mol. The number of amides is 1. The number of carbonyl (C=O) groups is 1. The SMILES string of the molecule is CC(N)C(=O)NC[C@@H]1C[C@@H](O)CN1. The van der Waals surface area contributed by atoms with Crippen molar-refractivity contribution >= 4 is 5.91 Å². The molecule has 1 fully saturated rings. The summed E-state index contributed by atoms with van der Waals surface area (Å²) in [6.45, 7) is 2.79. The maximum Gasteiger partial charge on any atom is 0.236 e. The molecule has 76 valence electrons. The van der Waals surface area contributed by atoms with Gasteiger partial charge in [0, 0.05) is 19.1 Å². The van der Waals surface area contributed by atoms with Gasteiger partial charge in [0.25, 0.3) is 0 Å². The lowest BCUT2D eigenvalue weighted by Crippen LogP contribution is -2.43. The summed E-state index contributed by atoms with van der Waals surface area (Å²) in [5.41, 5.74) is 5.37. The van der Waals surface area contributed by atoms with Crippen LogP contribution in [0.25, 0.3) is 0 Å². The summed E-state index contributed by atoms with van der Waals surface area (Å²) in [6.07, 6.45) is 0.413. The van der Waals surface area contributed by atoms with Crippen LogP contribution in [-0.4, -0.2) is 42.3 Å². The molecule has 0 radical (unpaired) electrons. The third-order valence-corrected chi connectivity index (χ3v) is 2.14. The Labute approximate surface area is 77.7 Å². The summed E-state index contributed by atoms with van der Waals surface area (Å²) in [5.74, 6) is -0.150. The van der Waals surface area contributed by atoms with Gasteiger partial charge in [-0.2, -0.15) is 0 Å². The summed E-state index contributed by atoms with van der Waals surface area (Å²) < 4.78 is 0. The highest BCUT2D eigenvalue weighted by atomic mass is 16.3. The molecule has 1 saturated heterocycles. The third-order valence-electron chi connectivity index (χ3n) is 2.14. The van der Waals surface area contributed by atoms with Gasteiger partial charge in [-0.1, -0.05) is 0 Å². The van der Waals surface area contributed by atoms with Gasteiger partial charge in [0.2, 0.25) is 5.91 Å². The van der Waals surface area contributed by atoms with E-state index in [-0.39, 0.29) is 18.1 Å². The summed E-state index contributed by atoms with van der Waals surface area (Å²) in [6, 6.07) is -0.288. The van der Waals surface area contributed by atoms with Crippen LogP contribution < -0.4 is 16.4 Å². The average molecular weight is 187 g/mol. The Morgan fingerprint density at radius 3 is 3.00 bits per heavy atom. The van der Waals surface area contributed by atoms with Crippen LogP contribution in [0.3, 0.4) is 0 Å². The van der Waals surface area contributed by atoms with Crippen molar-refractivity contribution in [2.45, 2.75) is 31.5 Å². The van der Waals surface area contributed by atoms with E-state index in [2.05, 4.69) is 10.6 Å². The highest BCUT2D eigenvalue weighted by molar-refractivity contribution is 5.80. The maximum absolute atomic E-state index is 11.1. The molecule has 5 heteroatoms. The molecule has 0 saturated carbocycles. The van der Waals surface area contributed by atoms with Crippen LogP contribution in [0, 0.1) is 0 Å². The minimum atomic E-state index is -0.466. The van der Waals surface area contributed by atoms with Crippen LogP contribution in [0.4, 0.5) is 0 Å². The molecule has 5 nitrogen and oxygen atoms in total. The molecule has 1 rings (SSSR count). The highest BCUT2D eigenvalue weighted by Crippen LogP contribution is 2.04. The number of nitrogens with one attached hydrogen (secondary N) is 2. The zero-order valence-corrected chi connectivity index (χ0v) is 7.79. The van der Waals surface area contributed by atoms with E-state index < -0.39 is 6.04 Å². The van der Waals surface area contributed by atoms with Crippen LogP contribution in [0.15, 0.2) is 0 Å². The molecule has 0 aliphatic carbocycles. The van der Waals surface area contributed by atoms with E-state index in [9.17, 15) is 9.90 Å². The van der Waals surface area contributed by atoms with Gasteiger partial charge in [0.1, 0.15) is 0 Å². The van der Waals surface area contributed by atoms with Crippen LogP contribution in [0.1, 0.15) is 13.3 Å². The lowest BCUT2D eigenvalue weighted by molar-refractivity contribution is -0.122. The van der Waals surface area contributed by atoms with Crippen molar-refractivity contribution in [1.82, 2.24) is 10.6 Å². The first-order valence-electron chi connectivity index (χ1n) is 4.54. The Bertz CT molecular complexity index is 184. The molecule has 1 heterocycles. The zero-order chi connectivity index (χ0) is 9.84. The minimum absolute atomic E-state index is 0.150. The smallest absolute Gasteiger partial charge is 0.236 e. The molecule has 1 aliphatic rings. The van der Waals surface area contributed by atoms with E-state index in [1.54, 1.807) is 6.92 Å². The van der Waals surface area contributed by atoms with Gasteiger partial charge in [-0.3, -0.25) is 4.79 Å². The van der Waals surface area contributed by atoms with E-state index in [0.29, 0.717) is 19.5 Å². The summed E-state index contributed by atoms with van der Waals surface area (Å²) in [7, 11) is 0. The van der Waals surface area contributed by atoms with E-state index in [1.165, 1.54) is 0 Å². The second kappa shape index (κ2) is 4.55. The average Bonchev–Trinajstić information content (AvgIpc) is 2.47. The predicted molar refractivity (Wildman–Crippen MR) is 49.1 cm³/mol. The molecular weight excluding hydrogens is 170 g/mol. The molecule has 1 amide bonds. The first kappa shape index (κ1) is 10.4. The van der Waals surface area contributed by atoms with Crippen LogP contribution in [0.2, 0.25) is 0 Å². The summed E-state index contributed by atoms with van der Waals surface area (Å²) in [5, 5.41) is 15.0. The number of hydrogen-bond donors (Lipinski definition) is 4. The lowest BCUT2D eigenvalue weighted by atomic mass is 10.2. The molecule has 13 heavy (non-hydrogen) atoms. The fourth-order valence-electron chi connectivity index (χ4n) is 1.34. The zero-order valence-electron chi connectivity index (χ0n) is 7.79. The molecule has 0 aromatic heterocycles. The van der Waals surface area contributed by atoms with Gasteiger partial charge in [-0.15, -0.1) is 0 Å². The van der Waals surface area contributed by atoms with Gasteiger partial charge in [0.05, 0.1) is 12.1 Å². The van der Waals surface area contributed by atoms with Crippen molar-refractivity contribution in [2.75, 3.05) is 13.1 Å². The van der Waals surface area contributed by atoms with Crippen molar-refractivity contribution in [3.8, 4) is 0 Å². The van der Waals surface area contributed by atoms with Gasteiger partial charge >= 0.3 is 0 Å². The van der Waals surface area contributed by atoms with Crippen LogP contribution >= 0.6 is 0 Å². The molecule has 1 unspecified atom stereocenters. The fourth-order valence-corrected chi connectivity index (χ4v) is 1.34. The van der Waals surface area contributed by atoms with E-state index >= 15 is 0 Å². The molecular formula is C8H17N3O2. The molecule has 5 N–H and O–H groups in total. The predicted octanol–water partition coefficient (Wildman–Crippen LogP) is -1.83. The normalized spacial score (nSPS) is 30.1. The maximum atomic E-state index is 11.1. The Morgan fingerprint density at radius 2 is 2.54 bits per heavy atom. The molecule has 0 aromatic rings. The van der Waals surface area contributed by atoms with E-state index in [4.69, 9.17) is 5.73 Å². The van der Waals surface area contributed by atoms with Crippen LogP contribution in [-0.2, 0) is 4.79 Å². The standard InChI is InChI=1S/C8H17N3O2/c1-5(9)8(13)11-3-6-2-7(12)4-10-6/h5-7,10,12H,2-4,9H2,1H3,(H,11,13)/t5?,6-,7+/m0/s1. The molecule has 0 spiro atoms. The van der Waals surface area contributed by atoms with Crippen molar-refractivity contribution in [3.63, 3.8) is 0 Å². The highest BCUT2D eigenvalue weighted by Gasteiger charge is 2.22. The Kier molecular flexibility index (Phi) is 3.65. The van der Waals surface area contributed by atoms with Gasteiger partial charge in [-0.25, -0.2) is 0 Å². The van der Waals surface area contributed by atoms with E-state index in [0.717, 1.165) is 0 Å². The first-order chi connectivity index (χ1) is 6.09. The molecule has 3 atom stereocenters. The largest absolute Gasteiger partial charge is 0.392 e.